The van der Waals surface area contributed by atoms with E-state index in [9.17, 15) is 0 Å². The fourth-order valence-electron chi connectivity index (χ4n) is 2.67. The summed E-state index contributed by atoms with van der Waals surface area (Å²) in [6.45, 7) is 10.2. The molecular weight excluding hydrogens is 465 g/mol. The Bertz CT molecular complexity index is 714. The molecule has 156 valence electrons. The minimum absolute atomic E-state index is 0. The number of hydrogen-bond acceptors (Lipinski definition) is 3. The van der Waals surface area contributed by atoms with Crippen molar-refractivity contribution in [3.05, 3.63) is 53.6 Å². The molecule has 7 heteroatoms. The molecule has 0 unspecified atom stereocenters. The Balaban J connectivity index is 0.00000392. The number of nitrogens with zero attached hydrogens (tertiary/aromatic N) is 3. The highest BCUT2D eigenvalue weighted by Gasteiger charge is 2.02. The Morgan fingerprint density at radius 3 is 2.68 bits per heavy atom. The smallest absolute Gasteiger partial charge is 0.191 e. The molecular formula is C21H34IN5O. The van der Waals surface area contributed by atoms with Gasteiger partial charge in [-0.05, 0) is 30.4 Å². The minimum atomic E-state index is 0. The summed E-state index contributed by atoms with van der Waals surface area (Å²) in [5, 5.41) is 6.64. The van der Waals surface area contributed by atoms with E-state index in [0.717, 1.165) is 44.4 Å². The first-order valence-electron chi connectivity index (χ1n) is 9.66. The zero-order chi connectivity index (χ0) is 19.5. The quantitative estimate of drug-likeness (QED) is 0.227. The molecule has 6 nitrogen and oxygen atoms in total. The van der Waals surface area contributed by atoms with Gasteiger partial charge in [0.15, 0.2) is 5.96 Å². The molecule has 0 radical (unpaired) electrons. The van der Waals surface area contributed by atoms with E-state index >= 15 is 0 Å². The number of aliphatic imine (C=N–C) groups is 1. The SMILES string of the molecule is CN=C(NCCOCCC(C)C)NCc1cccc(Cn2ccnc2C)c1.I. The van der Waals surface area contributed by atoms with Crippen LogP contribution in [-0.2, 0) is 17.8 Å². The molecule has 0 spiro atoms. The third kappa shape index (κ3) is 9.05. The number of imidazole rings is 1. The maximum Gasteiger partial charge on any atom is 0.191 e. The molecule has 2 aromatic rings. The first-order valence-corrected chi connectivity index (χ1v) is 9.66. The van der Waals surface area contributed by atoms with Crippen LogP contribution in [0.1, 0.15) is 37.2 Å². The summed E-state index contributed by atoms with van der Waals surface area (Å²) in [7, 11) is 1.78. The average Bonchev–Trinajstić information content (AvgIpc) is 3.05. The molecule has 0 amide bonds. The molecule has 28 heavy (non-hydrogen) atoms. The van der Waals surface area contributed by atoms with Crippen molar-refractivity contribution in [2.45, 2.75) is 40.3 Å². The van der Waals surface area contributed by atoms with E-state index in [1.165, 1.54) is 11.1 Å². The summed E-state index contributed by atoms with van der Waals surface area (Å²) in [4.78, 5) is 8.55. The predicted molar refractivity (Wildman–Crippen MR) is 126 cm³/mol. The molecule has 1 aromatic heterocycles. The van der Waals surface area contributed by atoms with Crippen LogP contribution in [0.25, 0.3) is 0 Å². The van der Waals surface area contributed by atoms with Crippen molar-refractivity contribution in [3.63, 3.8) is 0 Å². The molecule has 0 aliphatic carbocycles. The van der Waals surface area contributed by atoms with E-state index in [1.54, 1.807) is 7.05 Å². The molecule has 1 aromatic carbocycles. The van der Waals surface area contributed by atoms with Crippen molar-refractivity contribution >= 4 is 29.9 Å². The molecule has 0 atom stereocenters. The Kier molecular flexibility index (Phi) is 11.8. The summed E-state index contributed by atoms with van der Waals surface area (Å²) in [5.74, 6) is 2.50. The number of halogens is 1. The first-order chi connectivity index (χ1) is 13.1. The average molecular weight is 499 g/mol. The van der Waals surface area contributed by atoms with Gasteiger partial charge in [-0.25, -0.2) is 4.98 Å². The third-order valence-electron chi connectivity index (χ3n) is 4.33. The van der Waals surface area contributed by atoms with E-state index < -0.39 is 0 Å². The highest BCUT2D eigenvalue weighted by molar-refractivity contribution is 14.0. The van der Waals surface area contributed by atoms with Gasteiger partial charge in [0.2, 0.25) is 0 Å². The zero-order valence-corrected chi connectivity index (χ0v) is 19.8. The van der Waals surface area contributed by atoms with Gasteiger partial charge in [0.25, 0.3) is 0 Å². The second-order valence-electron chi connectivity index (χ2n) is 7.07. The van der Waals surface area contributed by atoms with E-state index in [0.29, 0.717) is 12.5 Å². The highest BCUT2D eigenvalue weighted by Crippen LogP contribution is 2.08. The molecule has 0 saturated heterocycles. The number of ether oxygens (including phenoxy) is 1. The number of aryl methyl sites for hydroxylation is 1. The molecule has 0 bridgehead atoms. The van der Waals surface area contributed by atoms with Crippen molar-refractivity contribution in [1.82, 2.24) is 20.2 Å². The van der Waals surface area contributed by atoms with Gasteiger partial charge < -0.3 is 19.9 Å². The molecule has 2 N–H and O–H groups in total. The predicted octanol–water partition coefficient (Wildman–Crippen LogP) is 3.59. The largest absolute Gasteiger partial charge is 0.380 e. The van der Waals surface area contributed by atoms with Crippen LogP contribution in [-0.4, -0.2) is 42.3 Å². The standard InChI is InChI=1S/C21H33N5O.HI/c1-17(2)8-12-27-13-10-24-21(22-4)25-15-19-6-5-7-20(14-19)16-26-11-9-23-18(26)3;/h5-7,9,11,14,17H,8,10,12-13,15-16H2,1-4H3,(H2,22,24,25);1H. The van der Waals surface area contributed by atoms with Crippen LogP contribution >= 0.6 is 24.0 Å². The lowest BCUT2D eigenvalue weighted by Crippen LogP contribution is -2.38. The zero-order valence-electron chi connectivity index (χ0n) is 17.4. The Hall–Kier alpha value is -1.61. The maximum atomic E-state index is 5.62. The fraction of sp³-hybridized carbons (Fsp3) is 0.524. The fourth-order valence-corrected chi connectivity index (χ4v) is 2.67. The van der Waals surface area contributed by atoms with Gasteiger partial charge in [0.05, 0.1) is 6.61 Å². The number of rotatable bonds is 10. The van der Waals surface area contributed by atoms with Crippen LogP contribution in [0.2, 0.25) is 0 Å². The van der Waals surface area contributed by atoms with Crippen LogP contribution in [0.5, 0.6) is 0 Å². The Labute approximate surface area is 186 Å². The molecule has 2 rings (SSSR count). The van der Waals surface area contributed by atoms with Gasteiger partial charge in [-0.3, -0.25) is 4.99 Å². The van der Waals surface area contributed by atoms with Crippen molar-refractivity contribution in [2.24, 2.45) is 10.9 Å². The summed E-state index contributed by atoms with van der Waals surface area (Å²) in [5.41, 5.74) is 2.48. The Morgan fingerprint density at radius 1 is 1.21 bits per heavy atom. The topological polar surface area (TPSA) is 63.5 Å². The monoisotopic (exact) mass is 499 g/mol. The van der Waals surface area contributed by atoms with Crippen molar-refractivity contribution in [2.75, 3.05) is 26.8 Å². The number of guanidine groups is 1. The van der Waals surface area contributed by atoms with Gasteiger partial charge in [-0.2, -0.15) is 0 Å². The lowest BCUT2D eigenvalue weighted by molar-refractivity contribution is 0.128. The summed E-state index contributed by atoms with van der Waals surface area (Å²) < 4.78 is 7.77. The first kappa shape index (κ1) is 24.4. The maximum absolute atomic E-state index is 5.62. The molecule has 0 saturated carbocycles. The molecule has 0 aliphatic rings. The highest BCUT2D eigenvalue weighted by atomic mass is 127. The van der Waals surface area contributed by atoms with Crippen LogP contribution in [0, 0.1) is 12.8 Å². The second kappa shape index (κ2) is 13.5. The summed E-state index contributed by atoms with van der Waals surface area (Å²) in [6, 6.07) is 8.58. The van der Waals surface area contributed by atoms with E-state index in [-0.39, 0.29) is 24.0 Å². The van der Waals surface area contributed by atoms with Gasteiger partial charge in [-0.1, -0.05) is 38.1 Å². The van der Waals surface area contributed by atoms with Crippen LogP contribution in [0.3, 0.4) is 0 Å². The lowest BCUT2D eigenvalue weighted by Gasteiger charge is -2.13. The van der Waals surface area contributed by atoms with E-state index in [4.69, 9.17) is 4.74 Å². The molecule has 0 fully saturated rings. The number of aromatic nitrogens is 2. The summed E-state index contributed by atoms with van der Waals surface area (Å²) >= 11 is 0. The van der Waals surface area contributed by atoms with Gasteiger partial charge in [0, 0.05) is 45.7 Å². The number of benzene rings is 1. The van der Waals surface area contributed by atoms with E-state index in [2.05, 4.69) is 63.3 Å². The summed E-state index contributed by atoms with van der Waals surface area (Å²) in [6.07, 6.45) is 4.94. The van der Waals surface area contributed by atoms with Crippen molar-refractivity contribution < 1.29 is 4.74 Å². The van der Waals surface area contributed by atoms with Crippen LogP contribution in [0.4, 0.5) is 0 Å². The third-order valence-corrected chi connectivity index (χ3v) is 4.33. The van der Waals surface area contributed by atoms with Gasteiger partial charge in [0.1, 0.15) is 5.82 Å². The van der Waals surface area contributed by atoms with E-state index in [1.807, 2.05) is 19.3 Å². The van der Waals surface area contributed by atoms with Crippen molar-refractivity contribution in [3.8, 4) is 0 Å². The normalized spacial score (nSPS) is 11.4. The Morgan fingerprint density at radius 2 is 2.00 bits per heavy atom. The van der Waals surface area contributed by atoms with Crippen LogP contribution in [0.15, 0.2) is 41.7 Å². The molecule has 0 aliphatic heterocycles. The second-order valence-corrected chi connectivity index (χ2v) is 7.07. The number of nitrogens with one attached hydrogen (secondary N) is 2. The molecule has 1 heterocycles. The van der Waals surface area contributed by atoms with Crippen molar-refractivity contribution in [1.29, 1.82) is 0 Å². The van der Waals surface area contributed by atoms with Gasteiger partial charge in [-0.15, -0.1) is 24.0 Å². The van der Waals surface area contributed by atoms with Crippen LogP contribution < -0.4 is 10.6 Å². The lowest BCUT2D eigenvalue weighted by atomic mass is 10.1. The minimum Gasteiger partial charge on any atom is -0.380 e. The van der Waals surface area contributed by atoms with Gasteiger partial charge >= 0.3 is 0 Å². The number of hydrogen-bond donors (Lipinski definition) is 2.